The Bertz CT molecular complexity index is 1400. The van der Waals surface area contributed by atoms with Gasteiger partial charge in [-0.1, -0.05) is 67.4 Å². The average Bonchev–Trinajstić information content (AvgIpc) is 3.21. The summed E-state index contributed by atoms with van der Waals surface area (Å²) in [5, 5.41) is 15.5. The van der Waals surface area contributed by atoms with Crippen molar-refractivity contribution in [3.05, 3.63) is 76.6 Å². The molecule has 0 heterocycles. The van der Waals surface area contributed by atoms with Gasteiger partial charge < -0.3 is 49.1 Å². The van der Waals surface area contributed by atoms with E-state index in [0.29, 0.717) is 45.6 Å². The average molecular weight is 824 g/mol. The second kappa shape index (κ2) is 35.7. The van der Waals surface area contributed by atoms with Crippen LogP contribution in [0.3, 0.4) is 0 Å². The third-order valence-electron chi connectivity index (χ3n) is 8.53. The minimum absolute atomic E-state index is 0. The molecule has 0 saturated carbocycles. The SMILES string of the molecule is COCCOCCOCC(=O)CC(CCCCNC(=O)COCCOCCO)C(=O)[N-]CCCC(=O)ONC(=O)Cc1ccc(CCCCc2ccccc2)cc1.[Na+]. The first-order valence-corrected chi connectivity index (χ1v) is 19.8. The van der Waals surface area contributed by atoms with Crippen LogP contribution < -0.4 is 40.4 Å². The number of benzene rings is 2. The number of methoxy groups -OCH3 is 1. The van der Waals surface area contributed by atoms with Gasteiger partial charge in [-0.15, -0.1) is 6.54 Å². The third kappa shape index (κ3) is 28.2. The van der Waals surface area contributed by atoms with Gasteiger partial charge in [0, 0.05) is 32.4 Å². The summed E-state index contributed by atoms with van der Waals surface area (Å²) in [5.74, 6) is -2.79. The molecule has 2 rings (SSSR count). The zero-order chi connectivity index (χ0) is 41.2. The van der Waals surface area contributed by atoms with Gasteiger partial charge in [0.05, 0.1) is 65.2 Å². The number of amides is 3. The van der Waals surface area contributed by atoms with Crippen LogP contribution in [-0.4, -0.2) is 121 Å². The molecule has 318 valence electrons. The topological polar surface area (TPSA) is 199 Å². The number of nitrogens with zero attached hydrogens (tertiary/aromatic N) is 1. The number of Topliss-reactive ketones (excluding diaryl/α,β-unsaturated/α-hetero) is 1. The van der Waals surface area contributed by atoms with E-state index in [1.807, 2.05) is 30.3 Å². The summed E-state index contributed by atoms with van der Waals surface area (Å²) in [5.41, 5.74) is 5.53. The molecule has 0 aromatic heterocycles. The second-order valence-corrected chi connectivity index (χ2v) is 13.3. The molecule has 0 spiro atoms. The van der Waals surface area contributed by atoms with E-state index in [1.165, 1.54) is 11.1 Å². The van der Waals surface area contributed by atoms with E-state index in [4.69, 9.17) is 33.6 Å². The van der Waals surface area contributed by atoms with E-state index in [2.05, 4.69) is 40.4 Å². The zero-order valence-electron chi connectivity index (χ0n) is 34.4. The maximum absolute atomic E-state index is 13.0. The van der Waals surface area contributed by atoms with Crippen LogP contribution in [0.4, 0.5) is 0 Å². The maximum atomic E-state index is 13.0. The summed E-state index contributed by atoms with van der Waals surface area (Å²) in [6.45, 7) is 2.13. The number of aryl methyl sites for hydroxylation is 2. The molecule has 2 aromatic carbocycles. The number of carbonyl (C=O) groups is 5. The molecule has 0 bridgehead atoms. The first kappa shape index (κ1) is 52.8. The number of nitrogens with one attached hydrogen (secondary N) is 2. The largest absolute Gasteiger partial charge is 1.00 e. The smallest absolute Gasteiger partial charge is 0.653 e. The standard InChI is InChI=1S/C42H63N3O12.Na/c1-52-24-25-54-27-28-55-32-38(47)31-37(14-7-8-20-43-40(49)33-56-29-26-53-23-22-46)42(51)44-21-9-15-41(50)57-45-39(48)30-36-18-16-35(17-19-36)13-6-5-12-34-10-3-2-4-11-34;/h2-4,10-11,16-19,37,46H,5-9,12-15,20-33H2,1H3,(H3,43,44,45,48,49,51);/q;+1/p-1. The number of unbranched alkanes of at least 4 members (excludes halogenated alkanes) is 2. The molecule has 0 aliphatic heterocycles. The van der Waals surface area contributed by atoms with E-state index in [1.54, 1.807) is 7.11 Å². The molecule has 0 radical (unpaired) electrons. The van der Waals surface area contributed by atoms with Crippen molar-refractivity contribution in [1.82, 2.24) is 10.8 Å². The van der Waals surface area contributed by atoms with Gasteiger partial charge in [0.15, 0.2) is 5.78 Å². The molecule has 1 atom stereocenters. The van der Waals surface area contributed by atoms with Gasteiger partial charge in [-0.3, -0.25) is 14.4 Å². The zero-order valence-corrected chi connectivity index (χ0v) is 36.4. The molecule has 2 aromatic rings. The van der Waals surface area contributed by atoms with Gasteiger partial charge in [0.1, 0.15) is 13.2 Å². The molecule has 58 heavy (non-hydrogen) atoms. The Kier molecular flexibility index (Phi) is 32.5. The molecular weight excluding hydrogens is 761 g/mol. The Morgan fingerprint density at radius 3 is 2.00 bits per heavy atom. The first-order chi connectivity index (χ1) is 27.8. The van der Waals surface area contributed by atoms with Crippen LogP contribution in [0.2, 0.25) is 0 Å². The molecule has 0 aliphatic rings. The molecule has 1 unspecified atom stereocenters. The summed E-state index contributed by atoms with van der Waals surface area (Å²) >= 11 is 0. The summed E-state index contributed by atoms with van der Waals surface area (Å²) < 4.78 is 25.9. The van der Waals surface area contributed by atoms with Crippen LogP contribution in [0, 0.1) is 5.92 Å². The molecule has 3 amide bonds. The molecule has 15 nitrogen and oxygen atoms in total. The van der Waals surface area contributed by atoms with Crippen molar-refractivity contribution in [3.8, 4) is 0 Å². The van der Waals surface area contributed by atoms with Crippen LogP contribution >= 0.6 is 0 Å². The molecule has 0 saturated heterocycles. The Labute approximate surface area is 365 Å². The number of aliphatic hydroxyl groups is 1. The third-order valence-corrected chi connectivity index (χ3v) is 8.53. The molecule has 0 aliphatic carbocycles. The predicted octanol–water partition coefficient (Wildman–Crippen LogP) is 0.620. The minimum atomic E-state index is -0.683. The number of carbonyl (C=O) groups excluding carboxylic acids is 5. The van der Waals surface area contributed by atoms with Gasteiger partial charge >= 0.3 is 35.5 Å². The number of aliphatic hydroxyl groups excluding tert-OH is 1. The van der Waals surface area contributed by atoms with Crippen LogP contribution in [-0.2, 0) is 71.8 Å². The fourth-order valence-electron chi connectivity index (χ4n) is 5.49. The van der Waals surface area contributed by atoms with E-state index < -0.39 is 23.7 Å². The normalized spacial score (nSPS) is 11.3. The summed E-state index contributed by atoms with van der Waals surface area (Å²) in [4.78, 5) is 67.2. The van der Waals surface area contributed by atoms with Gasteiger partial charge in [-0.2, -0.15) is 5.48 Å². The number of ketones is 1. The van der Waals surface area contributed by atoms with Crippen LogP contribution in [0.25, 0.3) is 5.32 Å². The fraction of sp³-hybridized carbons (Fsp3) is 0.595. The number of hydroxylamine groups is 1. The van der Waals surface area contributed by atoms with Crippen molar-refractivity contribution < 1.29 is 87.2 Å². The summed E-state index contributed by atoms with van der Waals surface area (Å²) in [7, 11) is 1.57. The number of rotatable bonds is 34. The number of hydrogen-bond donors (Lipinski definition) is 3. The number of hydrogen-bond acceptors (Lipinski definition) is 12. The van der Waals surface area contributed by atoms with E-state index in [9.17, 15) is 24.0 Å². The Balaban J connectivity index is 0.0000168. The molecule has 16 heteroatoms. The first-order valence-electron chi connectivity index (χ1n) is 19.8. The number of ether oxygens (including phenoxy) is 5. The van der Waals surface area contributed by atoms with Crippen molar-refractivity contribution in [3.63, 3.8) is 0 Å². The van der Waals surface area contributed by atoms with Crippen molar-refractivity contribution in [2.45, 2.75) is 70.6 Å². The molecule has 0 fully saturated rings. The van der Waals surface area contributed by atoms with E-state index in [-0.39, 0.29) is 120 Å². The van der Waals surface area contributed by atoms with Crippen molar-refractivity contribution in [2.24, 2.45) is 5.92 Å². The van der Waals surface area contributed by atoms with Crippen molar-refractivity contribution in [2.75, 3.05) is 86.3 Å². The monoisotopic (exact) mass is 823 g/mol. The van der Waals surface area contributed by atoms with Crippen LogP contribution in [0.5, 0.6) is 0 Å². The van der Waals surface area contributed by atoms with E-state index in [0.717, 1.165) is 31.2 Å². The van der Waals surface area contributed by atoms with Gasteiger partial charge in [-0.25, -0.2) is 4.79 Å². The summed E-state index contributed by atoms with van der Waals surface area (Å²) in [6.07, 6.45) is 5.80. The van der Waals surface area contributed by atoms with Crippen LogP contribution in [0.1, 0.15) is 68.1 Å². The fourth-order valence-corrected chi connectivity index (χ4v) is 5.49. The summed E-state index contributed by atoms with van der Waals surface area (Å²) in [6, 6.07) is 18.2. The van der Waals surface area contributed by atoms with Crippen molar-refractivity contribution >= 4 is 29.5 Å². The van der Waals surface area contributed by atoms with Gasteiger partial charge in [0.25, 0.3) is 5.91 Å². The van der Waals surface area contributed by atoms with Gasteiger partial charge in [-0.05, 0) is 55.2 Å². The Morgan fingerprint density at radius 2 is 1.31 bits per heavy atom. The predicted molar refractivity (Wildman–Crippen MR) is 212 cm³/mol. The molecule has 3 N–H and O–H groups in total. The van der Waals surface area contributed by atoms with Crippen LogP contribution in [0.15, 0.2) is 54.6 Å². The Morgan fingerprint density at radius 1 is 0.690 bits per heavy atom. The maximum Gasteiger partial charge on any atom is 1.00 e. The second-order valence-electron chi connectivity index (χ2n) is 13.3. The van der Waals surface area contributed by atoms with Gasteiger partial charge in [0.2, 0.25) is 5.91 Å². The quantitative estimate of drug-likeness (QED) is 0.0506. The van der Waals surface area contributed by atoms with E-state index >= 15 is 0 Å². The van der Waals surface area contributed by atoms with Crippen molar-refractivity contribution in [1.29, 1.82) is 0 Å². The minimum Gasteiger partial charge on any atom is -0.653 e. The molecular formula is C42H62N3NaO12. The Hall–Kier alpha value is -3.25.